The minimum Gasteiger partial charge on any atom is -0.350 e. The van der Waals surface area contributed by atoms with E-state index < -0.39 is 17.8 Å². The SMILES string of the molecule is O=C(NCCN(C(=O)Nc1ccc(Cl)cc1)c1ccc(F)cc1)c1ccc(Cl)cc1Cl. The maximum atomic E-state index is 13.3. The second-order valence-electron chi connectivity index (χ2n) is 6.45. The first kappa shape index (κ1) is 22.9. The third-order valence-electron chi connectivity index (χ3n) is 4.28. The highest BCUT2D eigenvalue weighted by atomic mass is 35.5. The van der Waals surface area contributed by atoms with E-state index in [4.69, 9.17) is 34.8 Å². The third kappa shape index (κ3) is 6.34. The van der Waals surface area contributed by atoms with Gasteiger partial charge in [0.05, 0.1) is 10.6 Å². The molecule has 0 aliphatic carbocycles. The van der Waals surface area contributed by atoms with Crippen molar-refractivity contribution in [3.05, 3.63) is 93.2 Å². The molecule has 0 saturated carbocycles. The first-order valence-electron chi connectivity index (χ1n) is 9.16. The molecule has 0 bridgehead atoms. The highest BCUT2D eigenvalue weighted by molar-refractivity contribution is 6.36. The first-order valence-corrected chi connectivity index (χ1v) is 10.3. The first-order chi connectivity index (χ1) is 14.8. The Balaban J connectivity index is 1.70. The Bertz CT molecular complexity index is 1080. The van der Waals surface area contributed by atoms with Gasteiger partial charge in [-0.1, -0.05) is 34.8 Å². The van der Waals surface area contributed by atoms with Gasteiger partial charge in [-0.3, -0.25) is 9.69 Å². The minimum atomic E-state index is -0.451. The van der Waals surface area contributed by atoms with E-state index in [0.717, 1.165) is 0 Å². The molecular weight excluding hydrogens is 464 g/mol. The summed E-state index contributed by atoms with van der Waals surface area (Å²) in [7, 11) is 0. The molecule has 0 atom stereocenters. The number of carbonyl (C=O) groups excluding carboxylic acids is 2. The van der Waals surface area contributed by atoms with Crippen LogP contribution in [0.25, 0.3) is 0 Å². The molecule has 0 aromatic heterocycles. The smallest absolute Gasteiger partial charge is 0.326 e. The average Bonchev–Trinajstić information content (AvgIpc) is 2.73. The van der Waals surface area contributed by atoms with Gasteiger partial charge >= 0.3 is 6.03 Å². The number of anilines is 2. The number of rotatable bonds is 6. The summed E-state index contributed by atoms with van der Waals surface area (Å²) in [5.74, 6) is -0.827. The minimum absolute atomic E-state index is 0.127. The van der Waals surface area contributed by atoms with E-state index in [1.807, 2.05) is 0 Å². The molecule has 0 aliphatic rings. The van der Waals surface area contributed by atoms with Crippen LogP contribution < -0.4 is 15.5 Å². The molecule has 0 heterocycles. The second-order valence-corrected chi connectivity index (χ2v) is 7.73. The predicted molar refractivity (Wildman–Crippen MR) is 123 cm³/mol. The zero-order chi connectivity index (χ0) is 22.4. The van der Waals surface area contributed by atoms with E-state index in [1.165, 1.54) is 41.3 Å². The van der Waals surface area contributed by atoms with Crippen molar-refractivity contribution in [3.8, 4) is 0 Å². The summed E-state index contributed by atoms with van der Waals surface area (Å²) >= 11 is 17.8. The van der Waals surface area contributed by atoms with Crippen LogP contribution in [-0.2, 0) is 0 Å². The standard InChI is InChI=1S/C22H17Cl3FN3O2/c23-14-1-6-17(7-2-14)28-22(31)29(18-8-4-16(26)5-9-18)12-11-27-21(30)19-10-3-15(24)13-20(19)25/h1-10,13H,11-12H2,(H,27,30)(H,28,31). The third-order valence-corrected chi connectivity index (χ3v) is 5.08. The molecule has 0 aliphatic heterocycles. The van der Waals surface area contributed by atoms with Crippen LogP contribution in [0.15, 0.2) is 66.7 Å². The van der Waals surface area contributed by atoms with Crippen molar-refractivity contribution < 1.29 is 14.0 Å². The number of carbonyl (C=O) groups is 2. The zero-order valence-electron chi connectivity index (χ0n) is 16.0. The summed E-state index contributed by atoms with van der Waals surface area (Å²) in [4.78, 5) is 26.7. The van der Waals surface area contributed by atoms with Crippen LogP contribution in [0.5, 0.6) is 0 Å². The molecule has 31 heavy (non-hydrogen) atoms. The van der Waals surface area contributed by atoms with Crippen molar-refractivity contribution >= 4 is 58.1 Å². The van der Waals surface area contributed by atoms with Crippen molar-refractivity contribution in [2.45, 2.75) is 0 Å². The monoisotopic (exact) mass is 479 g/mol. The fraction of sp³-hybridized carbons (Fsp3) is 0.0909. The molecule has 0 radical (unpaired) electrons. The van der Waals surface area contributed by atoms with E-state index in [-0.39, 0.29) is 23.7 Å². The van der Waals surface area contributed by atoms with E-state index >= 15 is 0 Å². The van der Waals surface area contributed by atoms with E-state index in [9.17, 15) is 14.0 Å². The molecule has 3 aromatic carbocycles. The number of hydrogen-bond acceptors (Lipinski definition) is 2. The Morgan fingerprint density at radius 2 is 1.52 bits per heavy atom. The van der Waals surface area contributed by atoms with Gasteiger partial charge in [0.25, 0.3) is 5.91 Å². The molecule has 0 fully saturated rings. The van der Waals surface area contributed by atoms with Crippen molar-refractivity contribution in [2.24, 2.45) is 0 Å². The van der Waals surface area contributed by atoms with Gasteiger partial charge in [-0.2, -0.15) is 0 Å². The van der Waals surface area contributed by atoms with Crippen molar-refractivity contribution in [1.82, 2.24) is 5.32 Å². The predicted octanol–water partition coefficient (Wildman–Crippen LogP) is 6.25. The van der Waals surface area contributed by atoms with Gasteiger partial charge < -0.3 is 10.6 Å². The maximum Gasteiger partial charge on any atom is 0.326 e. The fourth-order valence-electron chi connectivity index (χ4n) is 2.74. The van der Waals surface area contributed by atoms with E-state index in [2.05, 4.69) is 10.6 Å². The van der Waals surface area contributed by atoms with Crippen molar-refractivity contribution in [2.75, 3.05) is 23.3 Å². The average molecular weight is 481 g/mol. The molecule has 9 heteroatoms. The lowest BCUT2D eigenvalue weighted by Crippen LogP contribution is -2.41. The fourth-order valence-corrected chi connectivity index (χ4v) is 3.36. The van der Waals surface area contributed by atoms with E-state index in [0.29, 0.717) is 21.4 Å². The van der Waals surface area contributed by atoms with Crippen LogP contribution in [0.3, 0.4) is 0 Å². The van der Waals surface area contributed by atoms with Crippen LogP contribution in [0.1, 0.15) is 10.4 Å². The molecule has 0 spiro atoms. The molecule has 2 N–H and O–H groups in total. The van der Waals surface area contributed by atoms with Gasteiger partial charge in [0.2, 0.25) is 0 Å². The van der Waals surface area contributed by atoms with Crippen LogP contribution in [-0.4, -0.2) is 25.0 Å². The van der Waals surface area contributed by atoms with Crippen LogP contribution in [0.2, 0.25) is 15.1 Å². The van der Waals surface area contributed by atoms with Gasteiger partial charge in [0, 0.05) is 34.5 Å². The Morgan fingerprint density at radius 3 is 2.16 bits per heavy atom. The van der Waals surface area contributed by atoms with Crippen molar-refractivity contribution in [1.29, 1.82) is 0 Å². The summed E-state index contributed by atoms with van der Waals surface area (Å²) in [6.07, 6.45) is 0. The molecule has 3 aromatic rings. The van der Waals surface area contributed by atoms with Crippen LogP contribution >= 0.6 is 34.8 Å². The second kappa shape index (κ2) is 10.5. The molecule has 3 amide bonds. The Morgan fingerprint density at radius 1 is 0.871 bits per heavy atom. The molecule has 3 rings (SSSR count). The topological polar surface area (TPSA) is 61.4 Å². The van der Waals surface area contributed by atoms with Gasteiger partial charge in [0.1, 0.15) is 5.82 Å². The number of nitrogens with one attached hydrogen (secondary N) is 2. The van der Waals surface area contributed by atoms with Crippen LogP contribution in [0.4, 0.5) is 20.6 Å². The summed E-state index contributed by atoms with van der Waals surface area (Å²) in [5.41, 5.74) is 1.27. The quantitative estimate of drug-likeness (QED) is 0.438. The lowest BCUT2D eigenvalue weighted by Gasteiger charge is -2.23. The molecular formula is C22H17Cl3FN3O2. The number of urea groups is 1. The Labute approximate surface area is 193 Å². The highest BCUT2D eigenvalue weighted by Crippen LogP contribution is 2.21. The number of nitrogens with zero attached hydrogens (tertiary/aromatic N) is 1. The highest BCUT2D eigenvalue weighted by Gasteiger charge is 2.17. The number of hydrogen-bond donors (Lipinski definition) is 2. The normalized spacial score (nSPS) is 10.5. The molecule has 0 saturated heterocycles. The largest absolute Gasteiger partial charge is 0.350 e. The number of amides is 3. The van der Waals surface area contributed by atoms with E-state index in [1.54, 1.807) is 30.3 Å². The molecule has 5 nitrogen and oxygen atoms in total. The lowest BCUT2D eigenvalue weighted by atomic mass is 10.2. The zero-order valence-corrected chi connectivity index (χ0v) is 18.3. The van der Waals surface area contributed by atoms with Gasteiger partial charge in [-0.25, -0.2) is 9.18 Å². The van der Waals surface area contributed by atoms with Gasteiger partial charge in [0.15, 0.2) is 0 Å². The molecule has 0 unspecified atom stereocenters. The lowest BCUT2D eigenvalue weighted by molar-refractivity contribution is 0.0954. The maximum absolute atomic E-state index is 13.3. The van der Waals surface area contributed by atoms with Crippen LogP contribution in [0, 0.1) is 5.82 Å². The summed E-state index contributed by atoms with van der Waals surface area (Å²) in [6.45, 7) is 0.255. The Kier molecular flexibility index (Phi) is 7.74. The number of benzene rings is 3. The summed E-state index contributed by atoms with van der Waals surface area (Å²) in [6, 6.07) is 16.2. The summed E-state index contributed by atoms with van der Waals surface area (Å²) < 4.78 is 13.3. The Hall–Kier alpha value is -2.80. The van der Waals surface area contributed by atoms with Gasteiger partial charge in [-0.15, -0.1) is 0 Å². The molecule has 160 valence electrons. The summed E-state index contributed by atoms with van der Waals surface area (Å²) in [5, 5.41) is 6.65. The number of halogens is 4. The van der Waals surface area contributed by atoms with Gasteiger partial charge in [-0.05, 0) is 66.7 Å². The van der Waals surface area contributed by atoms with Crippen molar-refractivity contribution in [3.63, 3.8) is 0 Å².